The van der Waals surface area contributed by atoms with E-state index in [0.29, 0.717) is 72.7 Å². The number of halogens is 2. The average Bonchev–Trinajstić information content (AvgIpc) is 2.89. The molecule has 0 bridgehead atoms. The molecule has 10 heteroatoms. The van der Waals surface area contributed by atoms with E-state index in [1.54, 1.807) is 0 Å². The normalized spacial score (nSPS) is 17.0. The summed E-state index contributed by atoms with van der Waals surface area (Å²) in [5.41, 5.74) is 3.37. The van der Waals surface area contributed by atoms with Gasteiger partial charge in [0.2, 0.25) is 24.1 Å². The Morgan fingerprint density at radius 1 is 0.600 bits per heavy atom. The summed E-state index contributed by atoms with van der Waals surface area (Å²) in [6.45, 7) is 4.82. The molecule has 2 heterocycles. The van der Waals surface area contributed by atoms with Crippen molar-refractivity contribution in [1.82, 2.24) is 0 Å². The highest BCUT2D eigenvalue weighted by Gasteiger charge is 2.29. The van der Waals surface area contributed by atoms with Crippen molar-refractivity contribution in [3.05, 3.63) is 59.7 Å². The molecule has 2 aromatic carbocycles. The third kappa shape index (κ3) is 10.4. The van der Waals surface area contributed by atoms with E-state index in [-0.39, 0.29) is 58.1 Å². The zero-order valence-corrected chi connectivity index (χ0v) is 27.1. The number of Topliss-reactive ketones (excluding diaryl/α,β-unsaturated/α-hetero) is 2. The van der Waals surface area contributed by atoms with E-state index in [9.17, 15) is 9.59 Å². The second-order valence-corrected chi connectivity index (χ2v) is 11.6. The first-order valence-corrected chi connectivity index (χ1v) is 13.5. The van der Waals surface area contributed by atoms with Crippen molar-refractivity contribution < 1.29 is 71.5 Å². The van der Waals surface area contributed by atoms with E-state index in [2.05, 4.69) is 0 Å². The number of ether oxygens (including phenoxy) is 4. The summed E-state index contributed by atoms with van der Waals surface area (Å²) in [5.74, 6) is 0.172. The molecule has 0 atom stereocenters. The lowest BCUT2D eigenvalue weighted by Gasteiger charge is -2.34. The van der Waals surface area contributed by atoms with E-state index in [4.69, 9.17) is 18.9 Å². The van der Waals surface area contributed by atoms with E-state index >= 15 is 0 Å². The van der Waals surface area contributed by atoms with E-state index in [0.717, 1.165) is 24.0 Å². The van der Waals surface area contributed by atoms with Gasteiger partial charge >= 0.3 is 0 Å². The fourth-order valence-electron chi connectivity index (χ4n) is 4.88. The molecule has 0 N–H and O–H groups in total. The predicted molar refractivity (Wildman–Crippen MR) is 145 cm³/mol. The largest absolute Gasteiger partial charge is 1.00 e. The van der Waals surface area contributed by atoms with Gasteiger partial charge in [0.05, 0.1) is 54.6 Å². The summed E-state index contributed by atoms with van der Waals surface area (Å²) in [5, 5.41) is 0. The Balaban J connectivity index is 0.00000280. The van der Waals surface area contributed by atoms with Gasteiger partial charge in [-0.15, -0.1) is 0 Å². The van der Waals surface area contributed by atoms with Crippen LogP contribution in [0.1, 0.15) is 33.6 Å². The van der Waals surface area contributed by atoms with Gasteiger partial charge in [-0.05, 0) is 24.0 Å². The van der Waals surface area contributed by atoms with Crippen molar-refractivity contribution in [2.75, 3.05) is 80.8 Å². The predicted octanol–water partition coefficient (Wildman–Crippen LogP) is -2.59. The van der Waals surface area contributed by atoms with Crippen LogP contribution in [0.25, 0.3) is 11.1 Å². The molecule has 40 heavy (non-hydrogen) atoms. The van der Waals surface area contributed by atoms with E-state index < -0.39 is 0 Å². The van der Waals surface area contributed by atoms with Crippen LogP contribution in [-0.4, -0.2) is 114 Å². The van der Waals surface area contributed by atoms with Gasteiger partial charge in [0, 0.05) is 11.1 Å². The molecule has 0 amide bonds. The zero-order chi connectivity index (χ0) is 27.2. The molecular weight excluding hydrogens is 644 g/mol. The Labute approximate surface area is 259 Å². The standard InChI is InChI=1S/C30H42N2O6.2BrH/c1-31(2,21-29-35-15-5-16-36-29)19-27(33)25-11-7-23(8-12-25)24-9-13-26(14-10-24)28(34)20-32(3,4)22-30-37-17-6-18-38-30;;/h7-14,29-30H,5-6,15-22H2,1-4H3;2*1H/q+2;;/p-2. The Hall–Kier alpha value is -1.50. The van der Waals surface area contributed by atoms with Crippen molar-refractivity contribution in [1.29, 1.82) is 0 Å². The van der Waals surface area contributed by atoms with Crippen LogP contribution in [0.3, 0.4) is 0 Å². The lowest BCUT2D eigenvalue weighted by atomic mass is 10.00. The van der Waals surface area contributed by atoms with Crippen LogP contribution in [0.5, 0.6) is 0 Å². The van der Waals surface area contributed by atoms with Crippen LogP contribution < -0.4 is 34.0 Å². The highest BCUT2D eigenvalue weighted by Crippen LogP contribution is 2.22. The molecule has 0 radical (unpaired) electrons. The number of likely N-dealkylation sites (N-methyl/N-ethyl adjacent to an activating group) is 2. The second kappa shape index (κ2) is 15.7. The number of hydrogen-bond donors (Lipinski definition) is 0. The van der Waals surface area contributed by atoms with Crippen molar-refractivity contribution >= 4 is 11.6 Å². The Morgan fingerprint density at radius 3 is 1.20 bits per heavy atom. The molecule has 2 aliphatic rings. The second-order valence-electron chi connectivity index (χ2n) is 11.6. The summed E-state index contributed by atoms with van der Waals surface area (Å²) in [6, 6.07) is 15.3. The average molecular weight is 686 g/mol. The number of rotatable bonds is 11. The van der Waals surface area contributed by atoms with Crippen molar-refractivity contribution in [3.8, 4) is 11.1 Å². The molecular formula is C30H42Br2N2O6. The SMILES string of the molecule is C[N+](C)(CC(=O)c1ccc(-c2ccc(C(=O)C[N+](C)(C)CC3OCCCO3)cc2)cc1)CC1OCCCO1.[Br-].[Br-]. The maximum absolute atomic E-state index is 13.0. The summed E-state index contributed by atoms with van der Waals surface area (Å²) in [6.07, 6.45) is 1.32. The Bertz CT molecular complexity index is 993. The number of nitrogens with zero attached hydrogens (tertiary/aromatic N) is 2. The summed E-state index contributed by atoms with van der Waals surface area (Å²) < 4.78 is 23.6. The van der Waals surface area contributed by atoms with E-state index in [1.165, 1.54) is 0 Å². The first-order valence-electron chi connectivity index (χ1n) is 13.5. The first-order chi connectivity index (χ1) is 18.1. The molecule has 4 rings (SSSR count). The molecule has 2 aliphatic heterocycles. The fourth-order valence-corrected chi connectivity index (χ4v) is 4.88. The Morgan fingerprint density at radius 2 is 0.900 bits per heavy atom. The number of ketones is 2. The van der Waals surface area contributed by atoms with Crippen LogP contribution in [0.2, 0.25) is 0 Å². The van der Waals surface area contributed by atoms with E-state index in [1.807, 2.05) is 76.7 Å². The van der Waals surface area contributed by atoms with Crippen LogP contribution >= 0.6 is 0 Å². The van der Waals surface area contributed by atoms with Gasteiger partial charge in [0.25, 0.3) is 0 Å². The molecule has 8 nitrogen and oxygen atoms in total. The fraction of sp³-hybridized carbons (Fsp3) is 0.533. The zero-order valence-electron chi connectivity index (χ0n) is 23.9. The lowest BCUT2D eigenvalue weighted by molar-refractivity contribution is -0.888. The monoisotopic (exact) mass is 684 g/mol. The minimum atomic E-state index is -0.256. The number of hydrogen-bond acceptors (Lipinski definition) is 6. The maximum atomic E-state index is 13.0. The molecule has 0 unspecified atom stereocenters. The number of quaternary nitrogens is 2. The molecule has 2 saturated heterocycles. The molecule has 222 valence electrons. The third-order valence-electron chi connectivity index (χ3n) is 6.97. The van der Waals surface area contributed by atoms with Crippen molar-refractivity contribution in [3.63, 3.8) is 0 Å². The van der Waals surface area contributed by atoms with Gasteiger partial charge in [-0.3, -0.25) is 9.59 Å². The molecule has 2 fully saturated rings. The van der Waals surface area contributed by atoms with Crippen molar-refractivity contribution in [2.24, 2.45) is 0 Å². The summed E-state index contributed by atoms with van der Waals surface area (Å²) in [4.78, 5) is 25.9. The van der Waals surface area contributed by atoms with Gasteiger partial charge in [0.1, 0.15) is 26.2 Å². The smallest absolute Gasteiger partial charge is 0.216 e. The summed E-state index contributed by atoms with van der Waals surface area (Å²) >= 11 is 0. The number of carbonyl (C=O) groups excluding carboxylic acids is 2. The molecule has 0 saturated carbocycles. The molecule has 2 aromatic rings. The van der Waals surface area contributed by atoms with Gasteiger partial charge in [0.15, 0.2) is 0 Å². The third-order valence-corrected chi connectivity index (χ3v) is 6.97. The minimum Gasteiger partial charge on any atom is -1.00 e. The summed E-state index contributed by atoms with van der Waals surface area (Å²) in [7, 11) is 8.09. The maximum Gasteiger partial charge on any atom is 0.216 e. The lowest BCUT2D eigenvalue weighted by Crippen LogP contribution is -3.00. The van der Waals surface area contributed by atoms with Crippen LogP contribution in [0.4, 0.5) is 0 Å². The topological polar surface area (TPSA) is 71.1 Å². The quantitative estimate of drug-likeness (QED) is 0.191. The molecule has 0 aliphatic carbocycles. The molecule has 0 spiro atoms. The van der Waals surface area contributed by atoms with Crippen molar-refractivity contribution in [2.45, 2.75) is 25.4 Å². The van der Waals surface area contributed by atoms with Crippen LogP contribution in [-0.2, 0) is 18.9 Å². The molecule has 0 aromatic heterocycles. The van der Waals surface area contributed by atoms with Gasteiger partial charge < -0.3 is 61.9 Å². The highest BCUT2D eigenvalue weighted by molar-refractivity contribution is 5.98. The number of carbonyl (C=O) groups is 2. The first kappa shape index (κ1) is 34.7. The highest BCUT2D eigenvalue weighted by atomic mass is 79.9. The minimum absolute atomic E-state index is 0. The van der Waals surface area contributed by atoms with Gasteiger partial charge in [-0.2, -0.15) is 0 Å². The van der Waals surface area contributed by atoms with Crippen LogP contribution in [0, 0.1) is 0 Å². The van der Waals surface area contributed by atoms with Gasteiger partial charge in [-0.1, -0.05) is 48.5 Å². The van der Waals surface area contributed by atoms with Gasteiger partial charge in [-0.25, -0.2) is 0 Å². The van der Waals surface area contributed by atoms with Crippen LogP contribution in [0.15, 0.2) is 48.5 Å². The number of benzene rings is 2. The Kier molecular flexibility index (Phi) is 13.6.